The van der Waals surface area contributed by atoms with Gasteiger partial charge in [-0.25, -0.2) is 13.8 Å². The molecule has 1 heterocycles. The van der Waals surface area contributed by atoms with Gasteiger partial charge in [0, 0.05) is 17.1 Å². The molecular weight excluding hydrogens is 374 g/mol. The highest BCUT2D eigenvalue weighted by molar-refractivity contribution is 8.00. The van der Waals surface area contributed by atoms with Crippen LogP contribution in [0.2, 0.25) is 5.02 Å². The number of nitrogens with one attached hydrogen (secondary N) is 1. The van der Waals surface area contributed by atoms with E-state index in [4.69, 9.17) is 16.3 Å². The number of rotatable bonds is 6. The van der Waals surface area contributed by atoms with Crippen LogP contribution in [0.15, 0.2) is 52.9 Å². The van der Waals surface area contributed by atoms with Gasteiger partial charge in [-0.1, -0.05) is 29.8 Å². The highest BCUT2D eigenvalue weighted by atomic mass is 35.5. The maximum Gasteiger partial charge on any atom is 0.192 e. The van der Waals surface area contributed by atoms with Gasteiger partial charge in [0.15, 0.2) is 10.9 Å². The Kier molecular flexibility index (Phi) is 5.55. The Morgan fingerprint density at radius 3 is 2.79 bits per heavy atom. The fourth-order valence-electron chi connectivity index (χ4n) is 1.85. The summed E-state index contributed by atoms with van der Waals surface area (Å²) in [7, 11) is 0. The summed E-state index contributed by atoms with van der Waals surface area (Å²) in [4.78, 5) is 4.36. The summed E-state index contributed by atoms with van der Waals surface area (Å²) in [6.45, 7) is -0.0321. The monoisotopic (exact) mass is 384 g/mol. The van der Waals surface area contributed by atoms with Crippen molar-refractivity contribution in [2.24, 2.45) is 0 Å². The van der Waals surface area contributed by atoms with Crippen molar-refractivity contribution in [2.45, 2.75) is 11.5 Å². The van der Waals surface area contributed by atoms with Crippen LogP contribution in [0.5, 0.6) is 5.75 Å². The van der Waals surface area contributed by atoms with Crippen LogP contribution >= 0.6 is 34.9 Å². The lowest BCUT2D eigenvalue weighted by Crippen LogP contribution is -2.00. The molecule has 0 amide bonds. The number of hydrogen-bond donors (Lipinski definition) is 1. The molecular formula is C16H11ClF2N2OS2. The van der Waals surface area contributed by atoms with Gasteiger partial charge in [-0.05, 0) is 30.1 Å². The maximum atomic E-state index is 14.3. The zero-order chi connectivity index (χ0) is 16.9. The third-order valence-corrected chi connectivity index (χ3v) is 5.03. The molecule has 0 saturated carbocycles. The first-order valence-electron chi connectivity index (χ1n) is 6.81. The molecule has 0 saturated heterocycles. The third-order valence-electron chi connectivity index (χ3n) is 3.03. The lowest BCUT2D eigenvalue weighted by molar-refractivity contribution is 0.298. The molecule has 3 aromatic rings. The van der Waals surface area contributed by atoms with E-state index in [-0.39, 0.29) is 23.2 Å². The Balaban J connectivity index is 1.69. The van der Waals surface area contributed by atoms with E-state index in [2.05, 4.69) is 9.71 Å². The second kappa shape index (κ2) is 7.83. The summed E-state index contributed by atoms with van der Waals surface area (Å²) in [6.07, 6.45) is 1.65. The molecule has 3 rings (SSSR count). The number of halogens is 3. The van der Waals surface area contributed by atoms with Gasteiger partial charge in [-0.15, -0.1) is 11.3 Å². The normalized spacial score (nSPS) is 10.6. The largest absolute Gasteiger partial charge is 0.487 e. The number of hydrogen-bond acceptors (Lipinski definition) is 5. The van der Waals surface area contributed by atoms with Gasteiger partial charge >= 0.3 is 0 Å². The van der Waals surface area contributed by atoms with Gasteiger partial charge in [0.2, 0.25) is 0 Å². The van der Waals surface area contributed by atoms with E-state index in [0.717, 1.165) is 11.9 Å². The van der Waals surface area contributed by atoms with Gasteiger partial charge in [0.05, 0.1) is 4.90 Å². The molecule has 0 aliphatic rings. The van der Waals surface area contributed by atoms with E-state index in [1.54, 1.807) is 36.5 Å². The standard InChI is InChI=1S/C16H11ClF2N2OS2/c17-14-12(22-9-10-3-1-2-4-11(10)18)5-6-13(15(14)19)24-21-16-20-7-8-23-16/h1-8H,9H2,(H,20,21). The second-order valence-electron chi connectivity index (χ2n) is 4.61. The minimum Gasteiger partial charge on any atom is -0.487 e. The number of aromatic nitrogens is 1. The first kappa shape index (κ1) is 17.0. The highest BCUT2D eigenvalue weighted by Crippen LogP contribution is 2.35. The molecule has 24 heavy (non-hydrogen) atoms. The van der Waals surface area contributed by atoms with Crippen molar-refractivity contribution < 1.29 is 13.5 Å². The molecule has 0 spiro atoms. The zero-order valence-electron chi connectivity index (χ0n) is 12.1. The van der Waals surface area contributed by atoms with Gasteiger partial charge in [0.1, 0.15) is 23.2 Å². The summed E-state index contributed by atoms with van der Waals surface area (Å²) >= 11 is 8.49. The number of thiazole rings is 1. The fourth-order valence-corrected chi connectivity index (χ4v) is 3.39. The van der Waals surface area contributed by atoms with Gasteiger partial charge in [-0.3, -0.25) is 0 Å². The van der Waals surface area contributed by atoms with Crippen molar-refractivity contribution in [3.8, 4) is 5.75 Å². The smallest absolute Gasteiger partial charge is 0.192 e. The van der Waals surface area contributed by atoms with E-state index >= 15 is 0 Å². The van der Waals surface area contributed by atoms with Crippen molar-refractivity contribution in [1.82, 2.24) is 4.98 Å². The summed E-state index contributed by atoms with van der Waals surface area (Å²) in [5.74, 6) is -0.818. The molecule has 3 nitrogen and oxygen atoms in total. The Hall–Kier alpha value is -1.83. The van der Waals surface area contributed by atoms with Crippen LogP contribution < -0.4 is 9.46 Å². The predicted octanol–water partition coefficient (Wildman–Crippen LogP) is 5.77. The number of nitrogens with zero attached hydrogens (tertiary/aromatic N) is 1. The molecule has 0 aliphatic heterocycles. The van der Waals surface area contributed by atoms with Gasteiger partial charge in [0.25, 0.3) is 0 Å². The summed E-state index contributed by atoms with van der Waals surface area (Å²) in [6, 6.07) is 9.33. The molecule has 0 unspecified atom stereocenters. The van der Waals surface area contributed by atoms with Crippen molar-refractivity contribution in [3.63, 3.8) is 0 Å². The molecule has 124 valence electrons. The lowest BCUT2D eigenvalue weighted by atomic mass is 10.2. The molecule has 2 aromatic carbocycles. The van der Waals surface area contributed by atoms with Crippen LogP contribution in [-0.2, 0) is 6.61 Å². The number of anilines is 1. The Morgan fingerprint density at radius 1 is 1.21 bits per heavy atom. The van der Waals surface area contributed by atoms with Crippen molar-refractivity contribution in [3.05, 3.63) is 70.2 Å². The van der Waals surface area contributed by atoms with Crippen molar-refractivity contribution in [1.29, 1.82) is 0 Å². The number of benzene rings is 2. The molecule has 1 N–H and O–H groups in total. The molecule has 8 heteroatoms. The number of ether oxygens (including phenoxy) is 1. The lowest BCUT2D eigenvalue weighted by Gasteiger charge is -2.11. The van der Waals surface area contributed by atoms with E-state index < -0.39 is 5.82 Å². The molecule has 0 radical (unpaired) electrons. The van der Waals surface area contributed by atoms with Crippen LogP contribution in [0.25, 0.3) is 0 Å². The van der Waals surface area contributed by atoms with Crippen LogP contribution in [0.4, 0.5) is 13.9 Å². The van der Waals surface area contributed by atoms with Crippen molar-refractivity contribution >= 4 is 40.0 Å². The van der Waals surface area contributed by atoms with Crippen LogP contribution in [0.1, 0.15) is 5.56 Å². The first-order valence-corrected chi connectivity index (χ1v) is 8.89. The minimum absolute atomic E-state index is 0.0321. The van der Waals surface area contributed by atoms with Crippen molar-refractivity contribution in [2.75, 3.05) is 4.72 Å². The van der Waals surface area contributed by atoms with E-state index in [9.17, 15) is 8.78 Å². The van der Waals surface area contributed by atoms with Gasteiger partial charge < -0.3 is 9.46 Å². The second-order valence-corrected chi connectivity index (χ2v) is 6.73. The van der Waals surface area contributed by atoms with Crippen LogP contribution in [0, 0.1) is 11.6 Å². The van der Waals surface area contributed by atoms with Crippen LogP contribution in [0.3, 0.4) is 0 Å². The van der Waals surface area contributed by atoms with Gasteiger partial charge in [-0.2, -0.15) is 0 Å². The summed E-state index contributed by atoms with van der Waals surface area (Å²) in [5.41, 5.74) is 0.373. The Morgan fingerprint density at radius 2 is 2.04 bits per heavy atom. The van der Waals surface area contributed by atoms with Crippen LogP contribution in [-0.4, -0.2) is 4.98 Å². The molecule has 0 aliphatic carbocycles. The quantitative estimate of drug-likeness (QED) is 0.547. The Labute approximate surface area is 150 Å². The zero-order valence-corrected chi connectivity index (χ0v) is 14.5. The summed E-state index contributed by atoms with van der Waals surface area (Å²) in [5, 5.41) is 2.33. The topological polar surface area (TPSA) is 34.1 Å². The highest BCUT2D eigenvalue weighted by Gasteiger charge is 2.14. The first-order chi connectivity index (χ1) is 11.6. The third kappa shape index (κ3) is 3.98. The molecule has 0 atom stereocenters. The fraction of sp³-hybridized carbons (Fsp3) is 0.0625. The SMILES string of the molecule is Fc1ccccc1COc1ccc(SNc2nccs2)c(F)c1Cl. The van der Waals surface area contributed by atoms with E-state index in [1.165, 1.54) is 17.4 Å². The summed E-state index contributed by atoms with van der Waals surface area (Å²) < 4.78 is 36.3. The minimum atomic E-state index is -0.600. The molecule has 1 aromatic heterocycles. The maximum absolute atomic E-state index is 14.3. The predicted molar refractivity (Wildman–Crippen MR) is 93.7 cm³/mol. The molecule has 0 fully saturated rings. The molecule has 0 bridgehead atoms. The van der Waals surface area contributed by atoms with E-state index in [1.807, 2.05) is 5.38 Å². The average Bonchev–Trinajstić information content (AvgIpc) is 3.10. The van der Waals surface area contributed by atoms with E-state index in [0.29, 0.717) is 15.6 Å². The Bertz CT molecular complexity index is 831. The average molecular weight is 385 g/mol.